The van der Waals surface area contributed by atoms with E-state index in [2.05, 4.69) is 4.90 Å². The van der Waals surface area contributed by atoms with Crippen molar-refractivity contribution in [1.29, 1.82) is 0 Å². The summed E-state index contributed by atoms with van der Waals surface area (Å²) in [6.07, 6.45) is 5.35. The molecule has 3 rings (SSSR count). The summed E-state index contributed by atoms with van der Waals surface area (Å²) >= 11 is 0. The van der Waals surface area contributed by atoms with Crippen molar-refractivity contribution in [3.05, 3.63) is 35.9 Å². The standard InChI is InChI=1S/C18H25NO2/c1-14(11-19(17-9-10-17)12-15-7-8-15)18(20)21-13-16-5-3-2-4-6-16/h2-6,14-15,17H,7-13H2,1H3. The first-order valence-corrected chi connectivity index (χ1v) is 8.17. The van der Waals surface area contributed by atoms with Crippen molar-refractivity contribution in [2.24, 2.45) is 11.8 Å². The first kappa shape index (κ1) is 14.6. The van der Waals surface area contributed by atoms with Crippen molar-refractivity contribution in [1.82, 2.24) is 4.90 Å². The number of carbonyl (C=O) groups excluding carboxylic acids is 1. The van der Waals surface area contributed by atoms with Crippen molar-refractivity contribution < 1.29 is 9.53 Å². The largest absolute Gasteiger partial charge is 0.461 e. The molecule has 1 atom stereocenters. The Bertz CT molecular complexity index is 465. The predicted molar refractivity (Wildman–Crippen MR) is 82.7 cm³/mol. The van der Waals surface area contributed by atoms with Gasteiger partial charge in [-0.1, -0.05) is 37.3 Å². The molecule has 1 aromatic carbocycles. The van der Waals surface area contributed by atoms with E-state index in [0.29, 0.717) is 6.61 Å². The van der Waals surface area contributed by atoms with E-state index in [9.17, 15) is 4.79 Å². The topological polar surface area (TPSA) is 29.5 Å². The SMILES string of the molecule is CC(CN(CC1CC1)C1CC1)C(=O)OCc1ccccc1. The van der Waals surface area contributed by atoms with Gasteiger partial charge in [0.15, 0.2) is 0 Å². The molecule has 0 bridgehead atoms. The molecule has 2 aliphatic carbocycles. The Hall–Kier alpha value is -1.35. The van der Waals surface area contributed by atoms with Crippen LogP contribution >= 0.6 is 0 Å². The summed E-state index contributed by atoms with van der Waals surface area (Å²) in [5, 5.41) is 0. The van der Waals surface area contributed by atoms with Gasteiger partial charge in [0.25, 0.3) is 0 Å². The summed E-state index contributed by atoms with van der Waals surface area (Å²) in [5.74, 6) is 0.784. The van der Waals surface area contributed by atoms with Crippen LogP contribution in [0.15, 0.2) is 30.3 Å². The van der Waals surface area contributed by atoms with E-state index < -0.39 is 0 Å². The van der Waals surface area contributed by atoms with Gasteiger partial charge in [-0.3, -0.25) is 9.69 Å². The third kappa shape index (κ3) is 4.57. The molecule has 0 radical (unpaired) electrons. The van der Waals surface area contributed by atoms with E-state index in [-0.39, 0.29) is 11.9 Å². The van der Waals surface area contributed by atoms with Gasteiger partial charge in [-0.15, -0.1) is 0 Å². The van der Waals surface area contributed by atoms with E-state index in [1.54, 1.807) is 0 Å². The molecule has 21 heavy (non-hydrogen) atoms. The van der Waals surface area contributed by atoms with Crippen LogP contribution in [0, 0.1) is 11.8 Å². The fraction of sp³-hybridized carbons (Fsp3) is 0.611. The summed E-state index contributed by atoms with van der Waals surface area (Å²) in [5.41, 5.74) is 1.05. The number of hydrogen-bond acceptors (Lipinski definition) is 3. The maximum absolute atomic E-state index is 12.1. The number of ether oxygens (including phenoxy) is 1. The zero-order valence-electron chi connectivity index (χ0n) is 12.8. The normalized spacial score (nSPS) is 19.5. The number of hydrogen-bond donors (Lipinski definition) is 0. The third-order valence-corrected chi connectivity index (χ3v) is 4.39. The summed E-state index contributed by atoms with van der Waals surface area (Å²) in [4.78, 5) is 14.7. The molecule has 3 heteroatoms. The maximum Gasteiger partial charge on any atom is 0.310 e. The summed E-state index contributed by atoms with van der Waals surface area (Å²) in [6, 6.07) is 10.6. The van der Waals surface area contributed by atoms with E-state index >= 15 is 0 Å². The smallest absolute Gasteiger partial charge is 0.310 e. The summed E-state index contributed by atoms with van der Waals surface area (Å²) in [6.45, 7) is 4.42. The molecular formula is C18H25NO2. The van der Waals surface area contributed by atoms with Crippen LogP contribution in [0.4, 0.5) is 0 Å². The molecule has 0 amide bonds. The fourth-order valence-corrected chi connectivity index (χ4v) is 2.74. The predicted octanol–water partition coefficient (Wildman–Crippen LogP) is 3.24. The van der Waals surface area contributed by atoms with Crippen LogP contribution in [0.5, 0.6) is 0 Å². The molecule has 0 aliphatic heterocycles. The van der Waals surface area contributed by atoms with Crippen LogP contribution in [0.1, 0.15) is 38.2 Å². The van der Waals surface area contributed by atoms with Crippen molar-refractivity contribution in [3.63, 3.8) is 0 Å². The maximum atomic E-state index is 12.1. The van der Waals surface area contributed by atoms with Gasteiger partial charge in [-0.25, -0.2) is 0 Å². The van der Waals surface area contributed by atoms with Crippen LogP contribution in [0.25, 0.3) is 0 Å². The quantitative estimate of drug-likeness (QED) is 0.687. The highest BCUT2D eigenvalue weighted by atomic mass is 16.5. The van der Waals surface area contributed by atoms with Gasteiger partial charge in [-0.05, 0) is 37.2 Å². The lowest BCUT2D eigenvalue weighted by Crippen LogP contribution is -2.35. The highest BCUT2D eigenvalue weighted by Crippen LogP contribution is 2.35. The molecule has 0 heterocycles. The van der Waals surface area contributed by atoms with Crippen LogP contribution in [0.2, 0.25) is 0 Å². The van der Waals surface area contributed by atoms with Crippen molar-refractivity contribution in [2.75, 3.05) is 13.1 Å². The van der Waals surface area contributed by atoms with E-state index in [4.69, 9.17) is 4.74 Å². The van der Waals surface area contributed by atoms with Crippen LogP contribution in [-0.4, -0.2) is 30.0 Å². The second-order valence-electron chi connectivity index (χ2n) is 6.62. The molecule has 2 saturated carbocycles. The lowest BCUT2D eigenvalue weighted by atomic mass is 10.1. The molecule has 0 spiro atoms. The van der Waals surface area contributed by atoms with E-state index in [0.717, 1.165) is 24.1 Å². The van der Waals surface area contributed by atoms with Gasteiger partial charge in [0.05, 0.1) is 5.92 Å². The minimum absolute atomic E-state index is 0.0342. The molecular weight excluding hydrogens is 262 g/mol. The van der Waals surface area contributed by atoms with Gasteiger partial charge in [0.2, 0.25) is 0 Å². The molecule has 2 aliphatic rings. The Kier molecular flexibility index (Phi) is 4.59. The van der Waals surface area contributed by atoms with Crippen molar-refractivity contribution in [2.45, 2.75) is 45.3 Å². The Morgan fingerprint density at radius 2 is 1.95 bits per heavy atom. The second kappa shape index (κ2) is 6.61. The number of rotatable bonds is 8. The first-order chi connectivity index (χ1) is 10.2. The number of esters is 1. The fourth-order valence-electron chi connectivity index (χ4n) is 2.74. The molecule has 1 aromatic rings. The summed E-state index contributed by atoms with van der Waals surface area (Å²) < 4.78 is 5.45. The average Bonchev–Trinajstić information content (AvgIpc) is 3.38. The lowest BCUT2D eigenvalue weighted by Gasteiger charge is -2.24. The van der Waals surface area contributed by atoms with Gasteiger partial charge in [-0.2, -0.15) is 0 Å². The van der Waals surface area contributed by atoms with Gasteiger partial charge in [0, 0.05) is 19.1 Å². The van der Waals surface area contributed by atoms with Crippen molar-refractivity contribution in [3.8, 4) is 0 Å². The number of carbonyl (C=O) groups is 1. The van der Waals surface area contributed by atoms with Crippen LogP contribution in [-0.2, 0) is 16.1 Å². The molecule has 0 aromatic heterocycles. The van der Waals surface area contributed by atoms with E-state index in [1.165, 1.54) is 32.2 Å². The molecule has 2 fully saturated rings. The summed E-state index contributed by atoms with van der Waals surface area (Å²) in [7, 11) is 0. The minimum Gasteiger partial charge on any atom is -0.461 e. The Labute approximate surface area is 127 Å². The zero-order valence-corrected chi connectivity index (χ0v) is 12.8. The Balaban J connectivity index is 1.44. The number of benzene rings is 1. The molecule has 3 nitrogen and oxygen atoms in total. The molecule has 1 unspecified atom stereocenters. The third-order valence-electron chi connectivity index (χ3n) is 4.39. The van der Waals surface area contributed by atoms with Gasteiger partial charge >= 0.3 is 5.97 Å². The van der Waals surface area contributed by atoms with Gasteiger partial charge < -0.3 is 4.74 Å². The van der Waals surface area contributed by atoms with Crippen LogP contribution < -0.4 is 0 Å². The molecule has 0 saturated heterocycles. The Morgan fingerprint density at radius 1 is 1.24 bits per heavy atom. The molecule has 114 valence electrons. The lowest BCUT2D eigenvalue weighted by molar-refractivity contribution is -0.150. The van der Waals surface area contributed by atoms with Gasteiger partial charge in [0.1, 0.15) is 6.61 Å². The zero-order chi connectivity index (χ0) is 14.7. The first-order valence-electron chi connectivity index (χ1n) is 8.17. The van der Waals surface area contributed by atoms with E-state index in [1.807, 2.05) is 37.3 Å². The van der Waals surface area contributed by atoms with Crippen LogP contribution in [0.3, 0.4) is 0 Å². The monoisotopic (exact) mass is 287 g/mol. The second-order valence-corrected chi connectivity index (χ2v) is 6.62. The highest BCUT2D eigenvalue weighted by Gasteiger charge is 2.35. The Morgan fingerprint density at radius 3 is 2.57 bits per heavy atom. The minimum atomic E-state index is -0.0692. The highest BCUT2D eigenvalue weighted by molar-refractivity contribution is 5.72. The average molecular weight is 287 g/mol. The number of nitrogens with zero attached hydrogens (tertiary/aromatic N) is 1. The molecule has 0 N–H and O–H groups in total. The van der Waals surface area contributed by atoms with Crippen molar-refractivity contribution >= 4 is 5.97 Å².